The first-order valence-electron chi connectivity index (χ1n) is 6.11. The van der Waals surface area contributed by atoms with Crippen LogP contribution in [0.3, 0.4) is 0 Å². The number of likely N-dealkylation sites (N-methyl/N-ethyl adjacent to an activating group) is 1. The number of aromatic nitrogens is 1. The van der Waals surface area contributed by atoms with Crippen LogP contribution in [0.25, 0.3) is 10.9 Å². The van der Waals surface area contributed by atoms with Gasteiger partial charge in [0.05, 0.1) is 18.2 Å². The molecule has 0 saturated heterocycles. The average Bonchev–Trinajstić information content (AvgIpc) is 2.86. The molecule has 0 fully saturated rings. The van der Waals surface area contributed by atoms with E-state index in [2.05, 4.69) is 20.9 Å². The number of amides is 1. The molecule has 0 spiro atoms. The van der Waals surface area contributed by atoms with Crippen molar-refractivity contribution in [2.75, 3.05) is 13.7 Å². The topological polar surface area (TPSA) is 56.3 Å². The Morgan fingerprint density at radius 2 is 2.21 bits per heavy atom. The average molecular weight is 325 g/mol. The summed E-state index contributed by atoms with van der Waals surface area (Å²) in [5.41, 5.74) is 2.58. The number of benzene rings is 1. The summed E-state index contributed by atoms with van der Waals surface area (Å²) in [6, 6.07) is 5.62. The van der Waals surface area contributed by atoms with Gasteiger partial charge in [-0.2, -0.15) is 0 Å². The summed E-state index contributed by atoms with van der Waals surface area (Å²) < 4.78 is 0.935. The van der Waals surface area contributed by atoms with Crippen LogP contribution < -0.4 is 0 Å². The fourth-order valence-corrected chi connectivity index (χ4v) is 2.40. The minimum absolute atomic E-state index is 0.0504. The van der Waals surface area contributed by atoms with Gasteiger partial charge in [0.1, 0.15) is 5.69 Å². The fourth-order valence-electron chi connectivity index (χ4n) is 1.95. The zero-order valence-electron chi connectivity index (χ0n) is 11.2. The molecule has 1 atom stereocenters. The fraction of sp³-hybridized carbons (Fsp3) is 0.357. The van der Waals surface area contributed by atoms with Gasteiger partial charge < -0.3 is 15.0 Å². The number of nitrogens with zero attached hydrogens (tertiary/aromatic N) is 1. The first-order valence-corrected chi connectivity index (χ1v) is 6.90. The number of H-pyrrole nitrogens is 1. The van der Waals surface area contributed by atoms with Crippen LogP contribution in [0, 0.1) is 6.92 Å². The molecule has 0 saturated carbocycles. The van der Waals surface area contributed by atoms with Crippen LogP contribution in [-0.2, 0) is 0 Å². The lowest BCUT2D eigenvalue weighted by atomic mass is 10.1. The molecule has 5 heteroatoms. The van der Waals surface area contributed by atoms with E-state index >= 15 is 0 Å². The number of aliphatic hydroxyl groups is 1. The number of carbonyl (C=O) groups excluding carboxylic acids is 1. The van der Waals surface area contributed by atoms with E-state index in [1.165, 1.54) is 4.90 Å². The summed E-state index contributed by atoms with van der Waals surface area (Å²) in [7, 11) is 1.69. The van der Waals surface area contributed by atoms with Crippen molar-refractivity contribution >= 4 is 32.7 Å². The first kappa shape index (κ1) is 14.1. The molecule has 102 valence electrons. The number of hydrogen-bond donors (Lipinski definition) is 2. The van der Waals surface area contributed by atoms with Gasteiger partial charge in [-0.1, -0.05) is 6.07 Å². The molecule has 2 N–H and O–H groups in total. The summed E-state index contributed by atoms with van der Waals surface area (Å²) in [6.45, 7) is 3.77. The van der Waals surface area contributed by atoms with Crippen LogP contribution in [0.1, 0.15) is 23.0 Å². The van der Waals surface area contributed by atoms with Crippen molar-refractivity contribution in [3.8, 4) is 0 Å². The lowest BCUT2D eigenvalue weighted by Gasteiger charge is -2.22. The monoisotopic (exact) mass is 324 g/mol. The molecule has 0 aliphatic heterocycles. The Bertz CT molecular complexity index is 582. The van der Waals surface area contributed by atoms with Gasteiger partial charge in [0.2, 0.25) is 0 Å². The Kier molecular flexibility index (Phi) is 3.96. The molecule has 1 heterocycles. The molecular weight excluding hydrogens is 308 g/mol. The van der Waals surface area contributed by atoms with Crippen LogP contribution in [-0.4, -0.2) is 40.6 Å². The molecule has 1 aromatic heterocycles. The molecule has 4 nitrogen and oxygen atoms in total. The van der Waals surface area contributed by atoms with Gasteiger partial charge in [0.25, 0.3) is 5.91 Å². The van der Waals surface area contributed by atoms with E-state index in [-0.39, 0.29) is 18.6 Å². The van der Waals surface area contributed by atoms with E-state index in [4.69, 9.17) is 5.11 Å². The maximum atomic E-state index is 12.3. The van der Waals surface area contributed by atoms with E-state index in [0.29, 0.717) is 5.69 Å². The second-order valence-corrected chi connectivity index (χ2v) is 5.64. The zero-order valence-corrected chi connectivity index (χ0v) is 12.8. The van der Waals surface area contributed by atoms with Gasteiger partial charge in [-0.15, -0.1) is 0 Å². The Morgan fingerprint density at radius 1 is 1.53 bits per heavy atom. The van der Waals surface area contributed by atoms with Crippen LogP contribution in [0.4, 0.5) is 0 Å². The van der Waals surface area contributed by atoms with Crippen molar-refractivity contribution < 1.29 is 9.90 Å². The van der Waals surface area contributed by atoms with Crippen molar-refractivity contribution in [3.63, 3.8) is 0 Å². The minimum atomic E-state index is -0.205. The summed E-state index contributed by atoms with van der Waals surface area (Å²) in [6.07, 6.45) is 0. The number of carbonyl (C=O) groups is 1. The van der Waals surface area contributed by atoms with Gasteiger partial charge in [0.15, 0.2) is 0 Å². The molecule has 1 aromatic carbocycles. The number of aryl methyl sites for hydroxylation is 1. The summed E-state index contributed by atoms with van der Waals surface area (Å²) in [5.74, 6) is -0.121. The number of rotatable bonds is 3. The molecule has 0 bridgehead atoms. The van der Waals surface area contributed by atoms with Crippen molar-refractivity contribution in [2.24, 2.45) is 0 Å². The quantitative estimate of drug-likeness (QED) is 0.912. The highest BCUT2D eigenvalue weighted by atomic mass is 79.9. The highest BCUT2D eigenvalue weighted by molar-refractivity contribution is 9.10. The first-order chi connectivity index (χ1) is 8.95. The van der Waals surface area contributed by atoms with Gasteiger partial charge in [-0.05, 0) is 47.5 Å². The number of halogens is 1. The largest absolute Gasteiger partial charge is 0.394 e. The van der Waals surface area contributed by atoms with E-state index in [1.54, 1.807) is 7.05 Å². The summed E-state index contributed by atoms with van der Waals surface area (Å²) >= 11 is 3.48. The molecule has 0 unspecified atom stereocenters. The Labute approximate surface area is 120 Å². The van der Waals surface area contributed by atoms with E-state index in [1.807, 2.05) is 32.0 Å². The lowest BCUT2D eigenvalue weighted by molar-refractivity contribution is 0.0677. The predicted octanol–water partition coefficient (Wildman–Crippen LogP) is 2.69. The maximum absolute atomic E-state index is 12.3. The van der Waals surface area contributed by atoms with Gasteiger partial charge in [-0.25, -0.2) is 0 Å². The highest BCUT2D eigenvalue weighted by Gasteiger charge is 2.19. The van der Waals surface area contributed by atoms with Crippen LogP contribution in [0.2, 0.25) is 0 Å². The number of fused-ring (bicyclic) bond motifs is 1. The number of aromatic amines is 1. The number of aliphatic hydroxyl groups excluding tert-OH is 1. The standard InChI is InChI=1S/C14H17BrN2O2/c1-8-4-5-11(15)13-10(8)6-12(16-13)14(19)17(3)9(2)7-18/h4-6,9,16,18H,7H2,1-3H3/t9-/m0/s1. The Balaban J connectivity index is 2.44. The summed E-state index contributed by atoms with van der Waals surface area (Å²) in [5, 5.41) is 10.1. The molecule has 2 rings (SSSR count). The molecule has 1 amide bonds. The van der Waals surface area contributed by atoms with Crippen molar-refractivity contribution in [2.45, 2.75) is 19.9 Å². The smallest absolute Gasteiger partial charge is 0.270 e. The normalized spacial score (nSPS) is 12.7. The molecule has 19 heavy (non-hydrogen) atoms. The highest BCUT2D eigenvalue weighted by Crippen LogP contribution is 2.27. The lowest BCUT2D eigenvalue weighted by Crippen LogP contribution is -2.37. The van der Waals surface area contributed by atoms with Crippen LogP contribution in [0.5, 0.6) is 0 Å². The van der Waals surface area contributed by atoms with E-state index in [9.17, 15) is 4.79 Å². The molecule has 0 aliphatic carbocycles. The van der Waals surface area contributed by atoms with E-state index < -0.39 is 0 Å². The molecular formula is C14H17BrN2O2. The molecule has 2 aromatic rings. The van der Waals surface area contributed by atoms with Crippen molar-refractivity contribution in [1.82, 2.24) is 9.88 Å². The second kappa shape index (κ2) is 5.35. The van der Waals surface area contributed by atoms with Crippen molar-refractivity contribution in [3.05, 3.63) is 33.9 Å². The summed E-state index contributed by atoms with van der Waals surface area (Å²) in [4.78, 5) is 17.0. The van der Waals surface area contributed by atoms with Gasteiger partial charge in [-0.3, -0.25) is 4.79 Å². The van der Waals surface area contributed by atoms with Crippen molar-refractivity contribution in [1.29, 1.82) is 0 Å². The van der Waals surface area contributed by atoms with Gasteiger partial charge >= 0.3 is 0 Å². The second-order valence-electron chi connectivity index (χ2n) is 4.78. The Hall–Kier alpha value is -1.33. The van der Waals surface area contributed by atoms with Crippen LogP contribution >= 0.6 is 15.9 Å². The van der Waals surface area contributed by atoms with Gasteiger partial charge in [0, 0.05) is 16.9 Å². The number of nitrogens with one attached hydrogen (secondary N) is 1. The molecule has 0 aliphatic rings. The maximum Gasteiger partial charge on any atom is 0.270 e. The SMILES string of the molecule is Cc1ccc(Br)c2[nH]c(C(=O)N(C)[C@@H](C)CO)cc12. The zero-order chi connectivity index (χ0) is 14.2. The third-order valence-corrected chi connectivity index (χ3v) is 4.10. The van der Waals surface area contributed by atoms with Crippen LogP contribution in [0.15, 0.2) is 22.7 Å². The predicted molar refractivity (Wildman–Crippen MR) is 79.4 cm³/mol. The third-order valence-electron chi connectivity index (χ3n) is 3.44. The van der Waals surface area contributed by atoms with E-state index in [0.717, 1.165) is 20.9 Å². The third kappa shape index (κ3) is 2.53. The molecule has 0 radical (unpaired) electrons. The minimum Gasteiger partial charge on any atom is -0.394 e. The number of hydrogen-bond acceptors (Lipinski definition) is 2. The Morgan fingerprint density at radius 3 is 2.79 bits per heavy atom.